The van der Waals surface area contributed by atoms with Crippen molar-refractivity contribution in [1.82, 2.24) is 14.2 Å². The molecule has 2 aliphatic heterocycles. The molecule has 0 spiro atoms. The molecule has 0 N–H and O–H groups in total. The number of pyridine rings is 1. The molecule has 0 radical (unpaired) electrons. The number of amides is 1. The second-order valence-electron chi connectivity index (χ2n) is 8.45. The van der Waals surface area contributed by atoms with Crippen LogP contribution < -0.4 is 0 Å². The van der Waals surface area contributed by atoms with E-state index in [2.05, 4.69) is 4.98 Å². The fourth-order valence-corrected chi connectivity index (χ4v) is 6.32. The second-order valence-corrected chi connectivity index (χ2v) is 10.7. The molecule has 178 valence electrons. The van der Waals surface area contributed by atoms with Crippen molar-refractivity contribution in [2.45, 2.75) is 43.2 Å². The number of piperidine rings is 1. The van der Waals surface area contributed by atoms with Crippen LogP contribution in [0.1, 0.15) is 31.2 Å². The Morgan fingerprint density at radius 2 is 2.00 bits per heavy atom. The minimum atomic E-state index is -3.78. The summed E-state index contributed by atoms with van der Waals surface area (Å²) in [6, 6.07) is 9.20. The summed E-state index contributed by atoms with van der Waals surface area (Å²) in [7, 11) is -3.78. The Kier molecular flexibility index (Phi) is 7.63. The van der Waals surface area contributed by atoms with Crippen molar-refractivity contribution in [2.24, 2.45) is 5.92 Å². The fourth-order valence-electron chi connectivity index (χ4n) is 4.43. The smallest absolute Gasteiger partial charge is 0.246 e. The van der Waals surface area contributed by atoms with Crippen molar-refractivity contribution >= 4 is 27.5 Å². The molecular weight excluding hydrogens is 469 g/mol. The third-order valence-electron chi connectivity index (χ3n) is 6.17. The number of carbonyl (C=O) groups excluding carboxylic acids is 1. The van der Waals surface area contributed by atoms with Crippen molar-refractivity contribution < 1.29 is 22.3 Å². The molecule has 1 amide bonds. The zero-order valence-electron chi connectivity index (χ0n) is 18.2. The van der Waals surface area contributed by atoms with E-state index in [9.17, 15) is 17.6 Å². The molecule has 7 nitrogen and oxygen atoms in total. The fraction of sp³-hybridized carbons (Fsp3) is 0.478. The zero-order valence-corrected chi connectivity index (χ0v) is 19.8. The largest absolute Gasteiger partial charge is 0.376 e. The lowest BCUT2D eigenvalue weighted by Gasteiger charge is -2.34. The highest BCUT2D eigenvalue weighted by Gasteiger charge is 2.35. The third-order valence-corrected chi connectivity index (χ3v) is 8.51. The van der Waals surface area contributed by atoms with E-state index in [1.54, 1.807) is 17.0 Å². The number of ether oxygens (including phenoxy) is 1. The van der Waals surface area contributed by atoms with E-state index in [0.717, 1.165) is 12.8 Å². The van der Waals surface area contributed by atoms with Crippen LogP contribution >= 0.6 is 11.6 Å². The molecule has 4 rings (SSSR count). The average Bonchev–Trinajstić information content (AvgIpc) is 3.32. The van der Waals surface area contributed by atoms with E-state index >= 15 is 0 Å². The quantitative estimate of drug-likeness (QED) is 0.549. The molecule has 2 saturated heterocycles. The molecule has 0 bridgehead atoms. The van der Waals surface area contributed by atoms with Crippen LogP contribution in [0.15, 0.2) is 47.5 Å². The Balaban J connectivity index is 1.44. The highest BCUT2D eigenvalue weighted by Crippen LogP contribution is 2.28. The molecule has 3 heterocycles. The number of rotatable bonds is 7. The third kappa shape index (κ3) is 5.71. The van der Waals surface area contributed by atoms with E-state index in [-0.39, 0.29) is 46.9 Å². The Labute approximate surface area is 198 Å². The minimum absolute atomic E-state index is 0.0254. The Morgan fingerprint density at radius 3 is 2.67 bits per heavy atom. The molecule has 1 unspecified atom stereocenters. The maximum atomic E-state index is 13.7. The predicted molar refractivity (Wildman–Crippen MR) is 122 cm³/mol. The number of carbonyl (C=O) groups is 1. The molecule has 10 heteroatoms. The predicted octanol–water partition coefficient (Wildman–Crippen LogP) is 3.48. The summed E-state index contributed by atoms with van der Waals surface area (Å²) in [4.78, 5) is 19.0. The Morgan fingerprint density at radius 1 is 1.21 bits per heavy atom. The van der Waals surface area contributed by atoms with Crippen LogP contribution in [0.5, 0.6) is 0 Å². The lowest BCUT2D eigenvalue weighted by atomic mass is 9.96. The summed E-state index contributed by atoms with van der Waals surface area (Å²) < 4.78 is 46.7. The first-order valence-electron chi connectivity index (χ1n) is 11.1. The summed E-state index contributed by atoms with van der Waals surface area (Å²) in [5.74, 6) is -0.702. The van der Waals surface area contributed by atoms with Gasteiger partial charge in [-0.25, -0.2) is 17.8 Å². The zero-order chi connectivity index (χ0) is 23.4. The van der Waals surface area contributed by atoms with Gasteiger partial charge in [0, 0.05) is 44.9 Å². The molecule has 1 atom stereocenters. The Hall–Kier alpha value is -2.07. The summed E-state index contributed by atoms with van der Waals surface area (Å²) in [5, 5.41) is -0.0615. The molecule has 1 aromatic carbocycles. The van der Waals surface area contributed by atoms with E-state index in [4.69, 9.17) is 16.3 Å². The van der Waals surface area contributed by atoms with Crippen LogP contribution in [-0.4, -0.2) is 60.9 Å². The van der Waals surface area contributed by atoms with E-state index < -0.39 is 10.0 Å². The highest BCUT2D eigenvalue weighted by atomic mass is 35.5. The number of halogens is 2. The molecule has 2 aliphatic rings. The maximum Gasteiger partial charge on any atom is 0.246 e. The van der Waals surface area contributed by atoms with Crippen molar-refractivity contribution in [2.75, 3.05) is 26.2 Å². The van der Waals surface area contributed by atoms with Crippen LogP contribution in [-0.2, 0) is 26.1 Å². The van der Waals surface area contributed by atoms with Gasteiger partial charge in [-0.3, -0.25) is 4.79 Å². The lowest BCUT2D eigenvalue weighted by molar-refractivity contribution is -0.139. The number of hydrogen-bond acceptors (Lipinski definition) is 5. The number of hydrogen-bond donors (Lipinski definition) is 0. The van der Waals surface area contributed by atoms with Crippen LogP contribution in [0, 0.1) is 11.7 Å². The monoisotopic (exact) mass is 495 g/mol. The van der Waals surface area contributed by atoms with Crippen molar-refractivity contribution in [3.05, 3.63) is 59.1 Å². The normalized spacial score (nSPS) is 20.1. The number of aromatic nitrogens is 1. The maximum absolute atomic E-state index is 13.7. The molecule has 33 heavy (non-hydrogen) atoms. The van der Waals surface area contributed by atoms with Gasteiger partial charge >= 0.3 is 0 Å². The number of sulfonamides is 1. The summed E-state index contributed by atoms with van der Waals surface area (Å²) in [6.07, 6.45) is 4.06. The molecular formula is C23H27ClFN3O4S. The summed E-state index contributed by atoms with van der Waals surface area (Å²) >= 11 is 6.00. The first kappa shape index (κ1) is 24.1. The second kappa shape index (κ2) is 10.5. The molecule has 1 aromatic heterocycles. The van der Waals surface area contributed by atoms with Crippen LogP contribution in [0.25, 0.3) is 0 Å². The molecule has 0 saturated carbocycles. The molecule has 0 aliphatic carbocycles. The molecule has 2 aromatic rings. The van der Waals surface area contributed by atoms with E-state index in [0.29, 0.717) is 38.1 Å². The van der Waals surface area contributed by atoms with Gasteiger partial charge in [-0.15, -0.1) is 0 Å². The van der Waals surface area contributed by atoms with Gasteiger partial charge < -0.3 is 9.64 Å². The Bertz CT molecular complexity index is 1090. The topological polar surface area (TPSA) is 79.8 Å². The summed E-state index contributed by atoms with van der Waals surface area (Å²) in [5.41, 5.74) is 0.715. The standard InChI is InChI=1S/C23H27ClFN3O4S/c24-22-21(7-2-10-26-22)33(30,31)28-11-8-18(9-12-28)23(29)27(16-20-6-3-13-32-20)15-17-4-1-5-19(25)14-17/h1-2,4-5,7,10,14,18,20H,3,6,8-9,11-13,15-16H2. The van der Waals surface area contributed by atoms with Gasteiger partial charge in [0.15, 0.2) is 0 Å². The van der Waals surface area contributed by atoms with Crippen molar-refractivity contribution in [3.8, 4) is 0 Å². The highest BCUT2D eigenvalue weighted by molar-refractivity contribution is 7.89. The number of benzene rings is 1. The van der Waals surface area contributed by atoms with Gasteiger partial charge in [0.25, 0.3) is 0 Å². The van der Waals surface area contributed by atoms with Gasteiger partial charge in [0.1, 0.15) is 15.9 Å². The van der Waals surface area contributed by atoms with E-state index in [1.165, 1.54) is 34.8 Å². The van der Waals surface area contributed by atoms with Crippen LogP contribution in [0.3, 0.4) is 0 Å². The number of nitrogens with zero attached hydrogens (tertiary/aromatic N) is 3. The van der Waals surface area contributed by atoms with Gasteiger partial charge in [-0.05, 0) is 55.5 Å². The summed E-state index contributed by atoms with van der Waals surface area (Å²) in [6.45, 7) is 1.86. The SMILES string of the molecule is O=C(C1CCN(S(=O)(=O)c2cccnc2Cl)CC1)N(Cc1cccc(F)c1)CC1CCCO1. The van der Waals surface area contributed by atoms with Crippen LogP contribution in [0.4, 0.5) is 4.39 Å². The van der Waals surface area contributed by atoms with Gasteiger partial charge in [0.2, 0.25) is 15.9 Å². The van der Waals surface area contributed by atoms with Crippen molar-refractivity contribution in [1.29, 1.82) is 0 Å². The molecule has 2 fully saturated rings. The first-order chi connectivity index (χ1) is 15.8. The first-order valence-corrected chi connectivity index (χ1v) is 12.9. The van der Waals surface area contributed by atoms with Gasteiger partial charge in [0.05, 0.1) is 6.10 Å². The van der Waals surface area contributed by atoms with Crippen molar-refractivity contribution in [3.63, 3.8) is 0 Å². The lowest BCUT2D eigenvalue weighted by Crippen LogP contribution is -2.46. The van der Waals surface area contributed by atoms with Gasteiger partial charge in [-0.2, -0.15) is 4.31 Å². The van der Waals surface area contributed by atoms with Crippen LogP contribution in [0.2, 0.25) is 5.15 Å². The minimum Gasteiger partial charge on any atom is -0.376 e. The van der Waals surface area contributed by atoms with E-state index in [1.807, 2.05) is 0 Å². The van der Waals surface area contributed by atoms with Gasteiger partial charge in [-0.1, -0.05) is 23.7 Å². The average molecular weight is 496 g/mol.